The van der Waals surface area contributed by atoms with Crippen molar-refractivity contribution in [1.82, 2.24) is 4.98 Å². The normalized spacial score (nSPS) is 9.15. The molecule has 1 aromatic heterocycles. The topological polar surface area (TPSA) is 12.9 Å². The van der Waals surface area contributed by atoms with Crippen LogP contribution in [0.4, 0.5) is 0 Å². The zero-order valence-corrected chi connectivity index (χ0v) is 9.75. The van der Waals surface area contributed by atoms with Crippen LogP contribution >= 0.6 is 39.1 Å². The minimum atomic E-state index is 0.356. The maximum absolute atomic E-state index is 5.80. The van der Waals surface area contributed by atoms with Crippen molar-refractivity contribution in [3.8, 4) is 11.8 Å². The molecule has 0 spiro atoms. The van der Waals surface area contributed by atoms with E-state index < -0.39 is 0 Å². The lowest BCUT2D eigenvalue weighted by molar-refractivity contribution is 1.30. The van der Waals surface area contributed by atoms with Gasteiger partial charge in [0.1, 0.15) is 10.3 Å². The summed E-state index contributed by atoms with van der Waals surface area (Å²) in [6.07, 6.45) is 0.791. The molecule has 0 unspecified atom stereocenters. The van der Waals surface area contributed by atoms with Crippen LogP contribution in [0.3, 0.4) is 0 Å². The Bertz CT molecular complexity index is 354. The van der Waals surface area contributed by atoms with Crippen LogP contribution in [0.1, 0.15) is 12.0 Å². The predicted molar refractivity (Wildman–Crippen MR) is 59.5 cm³/mol. The average molecular weight is 279 g/mol. The number of hydrogen-bond acceptors (Lipinski definition) is 1. The summed E-state index contributed by atoms with van der Waals surface area (Å²) < 4.78 is 0. The van der Waals surface area contributed by atoms with Crippen LogP contribution in [0, 0.1) is 11.8 Å². The smallest absolute Gasteiger partial charge is 0.146 e. The summed E-state index contributed by atoms with van der Waals surface area (Å²) in [5.74, 6) is 5.86. The van der Waals surface area contributed by atoms with Gasteiger partial charge in [-0.3, -0.25) is 0 Å². The van der Waals surface area contributed by atoms with Crippen molar-refractivity contribution in [3.05, 3.63) is 28.0 Å². The Morgan fingerprint density at radius 3 is 2.77 bits per heavy atom. The molecule has 0 radical (unpaired) electrons. The van der Waals surface area contributed by atoms with Gasteiger partial charge >= 0.3 is 0 Å². The third-order valence-corrected chi connectivity index (χ3v) is 2.15. The fraction of sp³-hybridized carbons (Fsp3) is 0.222. The highest BCUT2D eigenvalue weighted by atomic mass is 79.9. The molecule has 0 amide bonds. The van der Waals surface area contributed by atoms with Gasteiger partial charge in [0.15, 0.2) is 0 Å². The lowest BCUT2D eigenvalue weighted by Crippen LogP contribution is -1.82. The van der Waals surface area contributed by atoms with Crippen LogP contribution in [0.15, 0.2) is 12.1 Å². The summed E-state index contributed by atoms with van der Waals surface area (Å²) in [4.78, 5) is 3.87. The molecular weight excluding hydrogens is 273 g/mol. The SMILES string of the molecule is Clc1ccc(C#CCCBr)c(Cl)n1. The van der Waals surface area contributed by atoms with Crippen molar-refractivity contribution in [3.63, 3.8) is 0 Å². The van der Waals surface area contributed by atoms with E-state index in [4.69, 9.17) is 23.2 Å². The lowest BCUT2D eigenvalue weighted by atomic mass is 10.3. The van der Waals surface area contributed by atoms with Crippen LogP contribution in [0.25, 0.3) is 0 Å². The molecule has 1 rings (SSSR count). The highest BCUT2D eigenvalue weighted by molar-refractivity contribution is 9.09. The van der Waals surface area contributed by atoms with Crippen molar-refractivity contribution in [2.75, 3.05) is 5.33 Å². The van der Waals surface area contributed by atoms with Gasteiger partial charge in [0.25, 0.3) is 0 Å². The molecule has 0 N–H and O–H groups in total. The Balaban J connectivity index is 2.85. The first kappa shape index (κ1) is 10.8. The molecule has 0 aliphatic heterocycles. The van der Waals surface area contributed by atoms with Crippen LogP contribution in [0.5, 0.6) is 0 Å². The van der Waals surface area contributed by atoms with E-state index in [1.54, 1.807) is 12.1 Å². The number of alkyl halides is 1. The molecule has 0 fully saturated rings. The Hall–Kier alpha value is -0.230. The first-order valence-electron chi connectivity index (χ1n) is 3.61. The standard InChI is InChI=1S/C9H6BrCl2N/c10-6-2-1-3-7-4-5-8(11)13-9(7)12/h4-5H,2,6H2. The molecule has 0 bridgehead atoms. The lowest BCUT2D eigenvalue weighted by Gasteiger charge is -1.94. The van der Waals surface area contributed by atoms with E-state index >= 15 is 0 Å². The van der Waals surface area contributed by atoms with Crippen molar-refractivity contribution < 1.29 is 0 Å². The fourth-order valence-corrected chi connectivity index (χ4v) is 1.30. The number of hydrogen-bond donors (Lipinski definition) is 0. The van der Waals surface area contributed by atoms with E-state index in [0.29, 0.717) is 15.9 Å². The van der Waals surface area contributed by atoms with E-state index in [0.717, 1.165) is 11.8 Å². The monoisotopic (exact) mass is 277 g/mol. The highest BCUT2D eigenvalue weighted by Crippen LogP contribution is 2.15. The summed E-state index contributed by atoms with van der Waals surface area (Å²) in [5, 5.41) is 1.60. The third-order valence-electron chi connectivity index (χ3n) is 1.26. The summed E-state index contributed by atoms with van der Waals surface area (Å²) in [5.41, 5.74) is 0.715. The second-order valence-electron chi connectivity index (χ2n) is 2.21. The Kier molecular flexibility index (Phi) is 4.58. The molecule has 0 saturated heterocycles. The number of pyridine rings is 1. The molecule has 4 heteroatoms. The Morgan fingerprint density at radius 2 is 2.15 bits per heavy atom. The van der Waals surface area contributed by atoms with Gasteiger partial charge in [0.2, 0.25) is 0 Å². The minimum Gasteiger partial charge on any atom is -0.223 e. The summed E-state index contributed by atoms with van der Waals surface area (Å²) in [7, 11) is 0. The number of halogens is 3. The molecule has 1 heterocycles. The van der Waals surface area contributed by atoms with Gasteiger partial charge in [-0.2, -0.15) is 0 Å². The largest absolute Gasteiger partial charge is 0.223 e. The van der Waals surface area contributed by atoms with E-state index in [-0.39, 0.29) is 0 Å². The van der Waals surface area contributed by atoms with Gasteiger partial charge in [-0.25, -0.2) is 4.98 Å². The average Bonchev–Trinajstić information content (AvgIpc) is 2.09. The van der Waals surface area contributed by atoms with Crippen LogP contribution in [-0.2, 0) is 0 Å². The molecule has 0 aliphatic carbocycles. The van der Waals surface area contributed by atoms with Crippen LogP contribution in [0.2, 0.25) is 10.3 Å². The molecule has 0 saturated carbocycles. The van der Waals surface area contributed by atoms with E-state index in [2.05, 4.69) is 32.8 Å². The number of rotatable bonds is 1. The van der Waals surface area contributed by atoms with E-state index in [1.165, 1.54) is 0 Å². The molecule has 0 atom stereocenters. The maximum atomic E-state index is 5.80. The molecular formula is C9H6BrCl2N. The zero-order chi connectivity index (χ0) is 9.68. The molecule has 68 valence electrons. The molecule has 0 aliphatic rings. The quantitative estimate of drug-likeness (QED) is 0.435. The third kappa shape index (κ3) is 3.56. The molecule has 0 aromatic carbocycles. The predicted octanol–water partition coefficient (Wildman–Crippen LogP) is 3.52. The molecule has 13 heavy (non-hydrogen) atoms. The van der Waals surface area contributed by atoms with Gasteiger partial charge < -0.3 is 0 Å². The Morgan fingerprint density at radius 1 is 1.38 bits per heavy atom. The Labute approximate surface area is 95.6 Å². The van der Waals surface area contributed by atoms with Gasteiger partial charge in [0.05, 0.1) is 5.56 Å². The van der Waals surface area contributed by atoms with Gasteiger partial charge in [-0.1, -0.05) is 51.0 Å². The molecule has 1 aromatic rings. The number of nitrogens with zero attached hydrogens (tertiary/aromatic N) is 1. The fourth-order valence-electron chi connectivity index (χ4n) is 0.710. The first-order chi connectivity index (χ1) is 6.24. The van der Waals surface area contributed by atoms with Crippen molar-refractivity contribution in [2.45, 2.75) is 6.42 Å². The minimum absolute atomic E-state index is 0.356. The van der Waals surface area contributed by atoms with Gasteiger partial charge in [-0.05, 0) is 12.1 Å². The summed E-state index contributed by atoms with van der Waals surface area (Å²) >= 11 is 14.7. The maximum Gasteiger partial charge on any atom is 0.146 e. The van der Waals surface area contributed by atoms with Gasteiger partial charge in [0, 0.05) is 11.8 Å². The van der Waals surface area contributed by atoms with Gasteiger partial charge in [-0.15, -0.1) is 0 Å². The van der Waals surface area contributed by atoms with Crippen molar-refractivity contribution in [1.29, 1.82) is 0 Å². The van der Waals surface area contributed by atoms with Crippen molar-refractivity contribution >= 4 is 39.1 Å². The summed E-state index contributed by atoms with van der Waals surface area (Å²) in [6, 6.07) is 3.44. The van der Waals surface area contributed by atoms with E-state index in [1.807, 2.05) is 0 Å². The van der Waals surface area contributed by atoms with E-state index in [9.17, 15) is 0 Å². The second-order valence-corrected chi connectivity index (χ2v) is 3.75. The van der Waals surface area contributed by atoms with Crippen LogP contribution < -0.4 is 0 Å². The van der Waals surface area contributed by atoms with Crippen LogP contribution in [-0.4, -0.2) is 10.3 Å². The summed E-state index contributed by atoms with van der Waals surface area (Å²) in [6.45, 7) is 0. The second kappa shape index (κ2) is 5.49. The first-order valence-corrected chi connectivity index (χ1v) is 5.48. The zero-order valence-electron chi connectivity index (χ0n) is 6.65. The molecule has 1 nitrogen and oxygen atoms in total. The highest BCUT2D eigenvalue weighted by Gasteiger charge is 1.98. The number of aromatic nitrogens is 1. The van der Waals surface area contributed by atoms with Crippen molar-refractivity contribution in [2.24, 2.45) is 0 Å².